The first-order valence-electron chi connectivity index (χ1n) is 5.37. The first-order chi connectivity index (χ1) is 8.65. The van der Waals surface area contributed by atoms with Crippen molar-refractivity contribution in [1.29, 1.82) is 0 Å². The number of fused-ring (bicyclic) bond motifs is 1. The van der Waals surface area contributed by atoms with Gasteiger partial charge < -0.3 is 10.1 Å². The van der Waals surface area contributed by atoms with E-state index in [-0.39, 0.29) is 11.8 Å². The number of nitrogens with zero attached hydrogens (tertiary/aromatic N) is 1. The molecular formula is C13H12ClN2O2. The zero-order valence-electron chi connectivity index (χ0n) is 9.87. The standard InChI is InChI=1S/C13H12ClN2O2/c1-3-15-12(17)10-7-8-6-9(14)4-5-11(8)16-13(10)18-2/h4-7H,1,3H2,2H3,(H,15,17). The molecule has 93 valence electrons. The Morgan fingerprint density at radius 1 is 1.50 bits per heavy atom. The average molecular weight is 264 g/mol. The van der Waals surface area contributed by atoms with E-state index in [1.54, 1.807) is 24.3 Å². The number of hydrogen-bond acceptors (Lipinski definition) is 3. The summed E-state index contributed by atoms with van der Waals surface area (Å²) in [6.45, 7) is 3.87. The highest BCUT2D eigenvalue weighted by molar-refractivity contribution is 6.31. The normalized spacial score (nSPS) is 10.4. The second-order valence-electron chi connectivity index (χ2n) is 3.64. The molecule has 0 unspecified atom stereocenters. The first-order valence-corrected chi connectivity index (χ1v) is 5.75. The van der Waals surface area contributed by atoms with Crippen LogP contribution in [0.2, 0.25) is 5.02 Å². The lowest BCUT2D eigenvalue weighted by atomic mass is 10.1. The van der Waals surface area contributed by atoms with Crippen molar-refractivity contribution in [2.24, 2.45) is 0 Å². The van der Waals surface area contributed by atoms with Crippen molar-refractivity contribution in [3.05, 3.63) is 41.8 Å². The molecule has 2 rings (SSSR count). The van der Waals surface area contributed by atoms with Crippen LogP contribution in [0.4, 0.5) is 0 Å². The summed E-state index contributed by atoms with van der Waals surface area (Å²) < 4.78 is 5.13. The summed E-state index contributed by atoms with van der Waals surface area (Å²) in [5.74, 6) is 0.0204. The van der Waals surface area contributed by atoms with Gasteiger partial charge in [-0.05, 0) is 31.2 Å². The number of methoxy groups -OCH3 is 1. The Morgan fingerprint density at radius 3 is 2.94 bits per heavy atom. The Hall–Kier alpha value is -1.81. The maximum absolute atomic E-state index is 11.8. The summed E-state index contributed by atoms with van der Waals surface area (Å²) in [6, 6.07) is 6.98. The molecule has 0 aliphatic heterocycles. The van der Waals surface area contributed by atoms with Gasteiger partial charge in [-0.3, -0.25) is 4.79 Å². The molecular weight excluding hydrogens is 252 g/mol. The van der Waals surface area contributed by atoms with Gasteiger partial charge in [0, 0.05) is 17.0 Å². The summed E-state index contributed by atoms with van der Waals surface area (Å²) in [5, 5.41) is 4.00. The molecule has 0 atom stereocenters. The van der Waals surface area contributed by atoms with Crippen LogP contribution in [0.15, 0.2) is 24.3 Å². The van der Waals surface area contributed by atoms with E-state index in [9.17, 15) is 4.79 Å². The van der Waals surface area contributed by atoms with Gasteiger partial charge in [-0.15, -0.1) is 0 Å². The van der Waals surface area contributed by atoms with Crippen molar-refractivity contribution >= 4 is 28.4 Å². The summed E-state index contributed by atoms with van der Waals surface area (Å²) in [7, 11) is 1.48. The van der Waals surface area contributed by atoms with E-state index < -0.39 is 0 Å². The second-order valence-corrected chi connectivity index (χ2v) is 4.07. The van der Waals surface area contributed by atoms with Crippen LogP contribution < -0.4 is 10.1 Å². The predicted octanol–water partition coefficient (Wildman–Crippen LogP) is 2.46. The van der Waals surface area contributed by atoms with Crippen molar-refractivity contribution < 1.29 is 9.53 Å². The monoisotopic (exact) mass is 263 g/mol. The van der Waals surface area contributed by atoms with Crippen molar-refractivity contribution in [3.63, 3.8) is 0 Å². The maximum Gasteiger partial charge on any atom is 0.256 e. The Kier molecular flexibility index (Phi) is 3.67. The fraction of sp³-hybridized carbons (Fsp3) is 0.154. The maximum atomic E-state index is 11.8. The van der Waals surface area contributed by atoms with Crippen LogP contribution >= 0.6 is 11.6 Å². The van der Waals surface area contributed by atoms with Crippen LogP contribution in [-0.4, -0.2) is 24.5 Å². The molecule has 0 spiro atoms. The Bertz CT molecular complexity index is 599. The molecule has 0 aliphatic carbocycles. The lowest BCUT2D eigenvalue weighted by molar-refractivity contribution is 0.0954. The molecule has 0 fully saturated rings. The smallest absolute Gasteiger partial charge is 0.256 e. The van der Waals surface area contributed by atoms with E-state index in [2.05, 4.69) is 17.2 Å². The number of pyridine rings is 1. The van der Waals surface area contributed by atoms with E-state index in [0.29, 0.717) is 17.1 Å². The third kappa shape index (κ3) is 2.38. The molecule has 1 heterocycles. The molecule has 1 N–H and O–H groups in total. The number of ether oxygens (including phenoxy) is 1. The lowest BCUT2D eigenvalue weighted by Crippen LogP contribution is -2.23. The van der Waals surface area contributed by atoms with Gasteiger partial charge >= 0.3 is 0 Å². The fourth-order valence-corrected chi connectivity index (χ4v) is 1.84. The van der Waals surface area contributed by atoms with E-state index >= 15 is 0 Å². The zero-order chi connectivity index (χ0) is 13.1. The molecule has 1 radical (unpaired) electrons. The number of amides is 1. The van der Waals surface area contributed by atoms with Crippen LogP contribution in [0.5, 0.6) is 5.88 Å². The minimum Gasteiger partial charge on any atom is -0.480 e. The zero-order valence-corrected chi connectivity index (χ0v) is 10.6. The minimum atomic E-state index is -0.267. The van der Waals surface area contributed by atoms with Crippen LogP contribution in [0, 0.1) is 6.92 Å². The van der Waals surface area contributed by atoms with Gasteiger partial charge in [0.15, 0.2) is 0 Å². The van der Waals surface area contributed by atoms with Crippen molar-refractivity contribution in [2.45, 2.75) is 0 Å². The highest BCUT2D eigenvalue weighted by Crippen LogP contribution is 2.24. The molecule has 1 aromatic heterocycles. The lowest BCUT2D eigenvalue weighted by Gasteiger charge is -2.09. The van der Waals surface area contributed by atoms with Crippen LogP contribution in [0.3, 0.4) is 0 Å². The number of hydrogen-bond donors (Lipinski definition) is 1. The molecule has 0 aliphatic rings. The molecule has 1 aromatic carbocycles. The number of benzene rings is 1. The number of rotatable bonds is 3. The molecule has 0 saturated heterocycles. The third-order valence-corrected chi connectivity index (χ3v) is 2.70. The first kappa shape index (κ1) is 12.6. The number of aromatic nitrogens is 1. The van der Waals surface area contributed by atoms with Gasteiger partial charge in [0.1, 0.15) is 5.56 Å². The highest BCUT2D eigenvalue weighted by Gasteiger charge is 2.14. The van der Waals surface area contributed by atoms with Crippen LogP contribution in [-0.2, 0) is 0 Å². The van der Waals surface area contributed by atoms with E-state index in [0.717, 1.165) is 10.9 Å². The Labute approximate surface area is 110 Å². The van der Waals surface area contributed by atoms with Crippen molar-refractivity contribution in [2.75, 3.05) is 13.7 Å². The summed E-state index contributed by atoms with van der Waals surface area (Å²) in [5.41, 5.74) is 1.10. The SMILES string of the molecule is [CH2]CNC(=O)c1cc2cc(Cl)ccc2nc1OC. The summed E-state index contributed by atoms with van der Waals surface area (Å²) in [4.78, 5) is 16.1. The molecule has 2 aromatic rings. The Balaban J connectivity index is 2.60. The van der Waals surface area contributed by atoms with Gasteiger partial charge in [-0.1, -0.05) is 11.6 Å². The van der Waals surface area contributed by atoms with Gasteiger partial charge in [0.05, 0.1) is 12.6 Å². The average Bonchev–Trinajstić information content (AvgIpc) is 2.37. The van der Waals surface area contributed by atoms with Crippen molar-refractivity contribution in [1.82, 2.24) is 10.3 Å². The fourth-order valence-electron chi connectivity index (χ4n) is 1.66. The van der Waals surface area contributed by atoms with Crippen LogP contribution in [0.25, 0.3) is 10.9 Å². The van der Waals surface area contributed by atoms with E-state index in [1.807, 2.05) is 0 Å². The molecule has 0 saturated carbocycles. The van der Waals surface area contributed by atoms with Crippen LogP contribution in [0.1, 0.15) is 10.4 Å². The predicted molar refractivity (Wildman–Crippen MR) is 71.0 cm³/mol. The number of nitrogens with one attached hydrogen (secondary N) is 1. The van der Waals surface area contributed by atoms with Gasteiger partial charge in [-0.25, -0.2) is 4.98 Å². The largest absolute Gasteiger partial charge is 0.480 e. The van der Waals surface area contributed by atoms with Gasteiger partial charge in [0.2, 0.25) is 5.88 Å². The molecule has 18 heavy (non-hydrogen) atoms. The number of halogens is 1. The quantitative estimate of drug-likeness (QED) is 0.925. The molecule has 0 bridgehead atoms. The molecule has 1 amide bonds. The number of carbonyl (C=O) groups is 1. The molecule has 4 nitrogen and oxygen atoms in total. The minimum absolute atomic E-state index is 0.267. The Morgan fingerprint density at radius 2 is 2.28 bits per heavy atom. The van der Waals surface area contributed by atoms with E-state index in [1.165, 1.54) is 7.11 Å². The topological polar surface area (TPSA) is 51.2 Å². The van der Waals surface area contributed by atoms with Gasteiger partial charge in [0.25, 0.3) is 5.91 Å². The summed E-state index contributed by atoms with van der Waals surface area (Å²) >= 11 is 5.92. The summed E-state index contributed by atoms with van der Waals surface area (Å²) in [6.07, 6.45) is 0. The number of carbonyl (C=O) groups excluding carboxylic acids is 1. The van der Waals surface area contributed by atoms with Gasteiger partial charge in [-0.2, -0.15) is 0 Å². The second kappa shape index (κ2) is 5.23. The third-order valence-electron chi connectivity index (χ3n) is 2.47. The highest BCUT2D eigenvalue weighted by atomic mass is 35.5. The van der Waals surface area contributed by atoms with Crippen molar-refractivity contribution in [3.8, 4) is 5.88 Å². The van der Waals surface area contributed by atoms with E-state index in [4.69, 9.17) is 16.3 Å². The molecule has 5 heteroatoms.